The van der Waals surface area contributed by atoms with Crippen molar-refractivity contribution in [2.24, 2.45) is 0 Å². The van der Waals surface area contributed by atoms with Crippen LogP contribution in [0.5, 0.6) is 11.5 Å². The van der Waals surface area contributed by atoms with E-state index in [4.69, 9.17) is 4.74 Å². The Kier molecular flexibility index (Phi) is 5.43. The van der Waals surface area contributed by atoms with Crippen molar-refractivity contribution in [2.75, 3.05) is 6.54 Å². The first kappa shape index (κ1) is 15.4. The van der Waals surface area contributed by atoms with Crippen molar-refractivity contribution in [3.63, 3.8) is 0 Å². The van der Waals surface area contributed by atoms with Crippen molar-refractivity contribution < 1.29 is 19.7 Å². The largest absolute Gasteiger partial charge is 0.504 e. The van der Waals surface area contributed by atoms with E-state index in [1.165, 1.54) is 12.1 Å². The maximum Gasteiger partial charge on any atom is 0.407 e. The quantitative estimate of drug-likeness (QED) is 0.741. The molecule has 114 valence electrons. The number of hydrogen-bond acceptors (Lipinski definition) is 4. The van der Waals surface area contributed by atoms with E-state index in [1.807, 2.05) is 30.3 Å². The minimum Gasteiger partial charge on any atom is -0.504 e. The van der Waals surface area contributed by atoms with E-state index in [0.717, 1.165) is 11.1 Å². The molecule has 0 radical (unpaired) electrons. The topological polar surface area (TPSA) is 78.8 Å². The highest BCUT2D eigenvalue weighted by Gasteiger charge is 2.00. The minimum atomic E-state index is -0.498. The standard InChI is InChI=1S/C17H17NO4/c19-15-9-8-13(11-16(15)20)7-4-10-18-17(21)22-12-14-5-2-1-3-6-14/h1-9,11,19-20H,10,12H2,(H,18,21). The zero-order chi connectivity index (χ0) is 15.8. The molecule has 0 unspecified atom stereocenters. The molecule has 0 saturated carbocycles. The Morgan fingerprint density at radius 3 is 2.59 bits per heavy atom. The molecule has 1 amide bonds. The van der Waals surface area contributed by atoms with Gasteiger partial charge in [0, 0.05) is 6.54 Å². The second-order valence-electron chi connectivity index (χ2n) is 4.59. The number of hydrogen-bond donors (Lipinski definition) is 3. The first-order valence-corrected chi connectivity index (χ1v) is 6.78. The molecule has 0 aliphatic heterocycles. The van der Waals surface area contributed by atoms with Gasteiger partial charge in [0.05, 0.1) is 0 Å². The van der Waals surface area contributed by atoms with Crippen LogP contribution in [0.25, 0.3) is 6.08 Å². The summed E-state index contributed by atoms with van der Waals surface area (Å²) < 4.78 is 5.06. The molecule has 5 heteroatoms. The normalized spacial score (nSPS) is 10.5. The van der Waals surface area contributed by atoms with Gasteiger partial charge in [0.1, 0.15) is 6.61 Å². The van der Waals surface area contributed by atoms with E-state index in [0.29, 0.717) is 6.54 Å². The Balaban J connectivity index is 1.72. The molecule has 0 saturated heterocycles. The fourth-order valence-electron chi connectivity index (χ4n) is 1.76. The van der Waals surface area contributed by atoms with Crippen LogP contribution < -0.4 is 5.32 Å². The summed E-state index contributed by atoms with van der Waals surface area (Å²) in [6.07, 6.45) is 2.94. The SMILES string of the molecule is O=C(NCC=Cc1ccc(O)c(O)c1)OCc1ccccc1. The Morgan fingerprint density at radius 2 is 1.86 bits per heavy atom. The highest BCUT2D eigenvalue weighted by molar-refractivity contribution is 5.67. The van der Waals surface area contributed by atoms with Crippen molar-refractivity contribution in [2.45, 2.75) is 6.61 Å². The van der Waals surface area contributed by atoms with Gasteiger partial charge >= 0.3 is 6.09 Å². The maximum absolute atomic E-state index is 11.5. The molecule has 22 heavy (non-hydrogen) atoms. The maximum atomic E-state index is 11.5. The number of rotatable bonds is 5. The number of nitrogens with one attached hydrogen (secondary N) is 1. The molecule has 2 aromatic rings. The molecule has 0 atom stereocenters. The summed E-state index contributed by atoms with van der Waals surface area (Å²) in [6.45, 7) is 0.525. The summed E-state index contributed by atoms with van der Waals surface area (Å²) in [7, 11) is 0. The lowest BCUT2D eigenvalue weighted by molar-refractivity contribution is 0.141. The van der Waals surface area contributed by atoms with Crippen LogP contribution in [-0.2, 0) is 11.3 Å². The average molecular weight is 299 g/mol. The van der Waals surface area contributed by atoms with Crippen molar-refractivity contribution >= 4 is 12.2 Å². The Bertz CT molecular complexity index is 653. The molecule has 0 aliphatic carbocycles. The number of ether oxygens (including phenoxy) is 1. The molecule has 0 aliphatic rings. The Hall–Kier alpha value is -2.95. The average Bonchev–Trinajstić information content (AvgIpc) is 2.54. The zero-order valence-electron chi connectivity index (χ0n) is 11.9. The summed E-state index contributed by atoms with van der Waals surface area (Å²) in [6, 6.07) is 13.9. The van der Waals surface area contributed by atoms with Crippen molar-refractivity contribution in [3.05, 3.63) is 65.7 Å². The third-order valence-electron chi connectivity index (χ3n) is 2.89. The van der Waals surface area contributed by atoms with Gasteiger partial charge in [-0.3, -0.25) is 0 Å². The fourth-order valence-corrected chi connectivity index (χ4v) is 1.76. The third kappa shape index (κ3) is 4.86. The first-order chi connectivity index (χ1) is 10.6. The highest BCUT2D eigenvalue weighted by Crippen LogP contribution is 2.25. The molecule has 0 heterocycles. The molecule has 2 aromatic carbocycles. The number of alkyl carbamates (subject to hydrolysis) is 1. The van der Waals surface area contributed by atoms with Crippen LogP contribution in [0.1, 0.15) is 11.1 Å². The van der Waals surface area contributed by atoms with E-state index in [2.05, 4.69) is 5.32 Å². The van der Waals surface area contributed by atoms with Gasteiger partial charge < -0.3 is 20.3 Å². The van der Waals surface area contributed by atoms with Gasteiger partial charge in [-0.25, -0.2) is 4.79 Å². The van der Waals surface area contributed by atoms with Crippen LogP contribution in [0.3, 0.4) is 0 Å². The van der Waals surface area contributed by atoms with Crippen LogP contribution >= 0.6 is 0 Å². The number of carbonyl (C=O) groups is 1. The minimum absolute atomic E-state index is 0.167. The molecule has 0 fully saturated rings. The Morgan fingerprint density at radius 1 is 1.09 bits per heavy atom. The predicted octanol–water partition coefficient (Wildman–Crippen LogP) is 3.04. The lowest BCUT2D eigenvalue weighted by atomic mass is 10.2. The van der Waals surface area contributed by atoms with Crippen molar-refractivity contribution in [1.29, 1.82) is 0 Å². The van der Waals surface area contributed by atoms with Gasteiger partial charge in [-0.1, -0.05) is 48.6 Å². The van der Waals surface area contributed by atoms with Gasteiger partial charge in [0.15, 0.2) is 11.5 Å². The van der Waals surface area contributed by atoms with Gasteiger partial charge in [-0.15, -0.1) is 0 Å². The summed E-state index contributed by atoms with van der Waals surface area (Å²) in [5.41, 5.74) is 1.64. The second kappa shape index (κ2) is 7.73. The number of amides is 1. The zero-order valence-corrected chi connectivity index (χ0v) is 11.9. The summed E-state index contributed by atoms with van der Waals surface area (Å²) >= 11 is 0. The van der Waals surface area contributed by atoms with E-state index >= 15 is 0 Å². The van der Waals surface area contributed by atoms with Crippen LogP contribution in [0.2, 0.25) is 0 Å². The molecule has 3 N–H and O–H groups in total. The van der Waals surface area contributed by atoms with E-state index in [9.17, 15) is 15.0 Å². The fraction of sp³-hybridized carbons (Fsp3) is 0.118. The molecular weight excluding hydrogens is 282 g/mol. The number of phenolic OH excluding ortho intramolecular Hbond substituents is 2. The lowest BCUT2D eigenvalue weighted by Crippen LogP contribution is -2.24. The van der Waals surface area contributed by atoms with Gasteiger partial charge in [-0.05, 0) is 23.3 Å². The number of benzene rings is 2. The third-order valence-corrected chi connectivity index (χ3v) is 2.89. The smallest absolute Gasteiger partial charge is 0.407 e. The summed E-state index contributed by atoms with van der Waals surface area (Å²) in [4.78, 5) is 11.5. The van der Waals surface area contributed by atoms with Crippen LogP contribution in [-0.4, -0.2) is 22.9 Å². The van der Waals surface area contributed by atoms with E-state index < -0.39 is 6.09 Å². The van der Waals surface area contributed by atoms with Crippen molar-refractivity contribution in [3.8, 4) is 11.5 Å². The molecule has 0 spiro atoms. The highest BCUT2D eigenvalue weighted by atomic mass is 16.5. The second-order valence-corrected chi connectivity index (χ2v) is 4.59. The van der Waals surface area contributed by atoms with Gasteiger partial charge in [0.2, 0.25) is 0 Å². The molecule has 0 bridgehead atoms. The molecule has 5 nitrogen and oxygen atoms in total. The van der Waals surface area contributed by atoms with Crippen LogP contribution in [0.15, 0.2) is 54.6 Å². The number of phenols is 2. The van der Waals surface area contributed by atoms with Crippen LogP contribution in [0.4, 0.5) is 4.79 Å². The lowest BCUT2D eigenvalue weighted by Gasteiger charge is -2.05. The molecule has 2 rings (SSSR count). The van der Waals surface area contributed by atoms with E-state index in [1.54, 1.807) is 18.2 Å². The van der Waals surface area contributed by atoms with Gasteiger partial charge in [0.25, 0.3) is 0 Å². The summed E-state index contributed by atoms with van der Waals surface area (Å²) in [5, 5.41) is 21.1. The number of carbonyl (C=O) groups excluding carboxylic acids is 1. The Labute approximate surface area is 128 Å². The molecule has 0 aromatic heterocycles. The van der Waals surface area contributed by atoms with Crippen LogP contribution in [0, 0.1) is 0 Å². The monoisotopic (exact) mass is 299 g/mol. The summed E-state index contributed by atoms with van der Waals surface area (Å²) in [5.74, 6) is -0.350. The number of aromatic hydroxyl groups is 2. The van der Waals surface area contributed by atoms with E-state index in [-0.39, 0.29) is 18.1 Å². The van der Waals surface area contributed by atoms with Crippen molar-refractivity contribution in [1.82, 2.24) is 5.32 Å². The first-order valence-electron chi connectivity index (χ1n) is 6.78. The van der Waals surface area contributed by atoms with Gasteiger partial charge in [-0.2, -0.15) is 0 Å². The predicted molar refractivity (Wildman–Crippen MR) is 83.4 cm³/mol. The molecular formula is C17H17NO4.